The normalized spacial score (nSPS) is 15.3. The Kier molecular flexibility index (Phi) is 4.77. The molecule has 1 aliphatic rings. The van der Waals surface area contributed by atoms with Gasteiger partial charge in [0, 0.05) is 37.3 Å². The van der Waals surface area contributed by atoms with Crippen LogP contribution >= 0.6 is 0 Å². The summed E-state index contributed by atoms with van der Waals surface area (Å²) in [5, 5.41) is 3.39. The molecule has 2 heteroatoms. The van der Waals surface area contributed by atoms with Crippen molar-refractivity contribution >= 4 is 5.69 Å². The van der Waals surface area contributed by atoms with Crippen molar-refractivity contribution in [1.82, 2.24) is 5.32 Å². The van der Waals surface area contributed by atoms with Crippen LogP contribution in [0.3, 0.4) is 0 Å². The van der Waals surface area contributed by atoms with Gasteiger partial charge in [0.15, 0.2) is 0 Å². The van der Waals surface area contributed by atoms with Crippen molar-refractivity contribution in [3.8, 4) is 0 Å². The predicted molar refractivity (Wildman–Crippen MR) is 109 cm³/mol. The summed E-state index contributed by atoms with van der Waals surface area (Å²) in [6.45, 7) is 6.31. The molecule has 0 aliphatic carbocycles. The van der Waals surface area contributed by atoms with Gasteiger partial charge in [-0.3, -0.25) is 0 Å². The highest BCUT2D eigenvalue weighted by molar-refractivity contribution is 5.50. The van der Waals surface area contributed by atoms with Crippen molar-refractivity contribution < 1.29 is 0 Å². The smallest absolute Gasteiger partial charge is 0.0433 e. The van der Waals surface area contributed by atoms with E-state index < -0.39 is 0 Å². The van der Waals surface area contributed by atoms with E-state index in [1.165, 1.54) is 22.4 Å². The van der Waals surface area contributed by atoms with E-state index in [1.54, 1.807) is 0 Å². The van der Waals surface area contributed by atoms with Crippen LogP contribution in [0.25, 0.3) is 0 Å². The summed E-state index contributed by atoms with van der Waals surface area (Å²) in [5.41, 5.74) is 5.67. The second-order valence-electron chi connectivity index (χ2n) is 7.54. The Morgan fingerprint density at radius 1 is 0.731 bits per heavy atom. The average Bonchev–Trinajstić information content (AvgIpc) is 2.67. The van der Waals surface area contributed by atoms with E-state index in [0.717, 1.165) is 26.2 Å². The molecule has 0 atom stereocenters. The lowest BCUT2D eigenvalue weighted by Gasteiger charge is -2.40. The molecule has 0 amide bonds. The molecule has 1 aliphatic heterocycles. The SMILES string of the molecule is CC1(c2ccc(N(Cc3ccccc3)Cc3ccccc3)cc2)CNC1. The van der Waals surface area contributed by atoms with Crippen LogP contribution in [-0.2, 0) is 18.5 Å². The van der Waals surface area contributed by atoms with Crippen LogP contribution in [-0.4, -0.2) is 13.1 Å². The Balaban J connectivity index is 1.59. The third-order valence-electron chi connectivity index (χ3n) is 5.39. The second-order valence-corrected chi connectivity index (χ2v) is 7.54. The van der Waals surface area contributed by atoms with Crippen molar-refractivity contribution in [3.05, 3.63) is 102 Å². The van der Waals surface area contributed by atoms with E-state index in [9.17, 15) is 0 Å². The van der Waals surface area contributed by atoms with E-state index in [2.05, 4.69) is 102 Å². The monoisotopic (exact) mass is 342 g/mol. The number of anilines is 1. The molecule has 0 aromatic heterocycles. The molecule has 0 bridgehead atoms. The first-order valence-electron chi connectivity index (χ1n) is 9.37. The molecule has 0 spiro atoms. The average molecular weight is 342 g/mol. The Labute approximate surface area is 156 Å². The molecule has 0 unspecified atom stereocenters. The molecule has 3 aromatic rings. The summed E-state index contributed by atoms with van der Waals surface area (Å²) in [6.07, 6.45) is 0. The van der Waals surface area contributed by atoms with Crippen LogP contribution < -0.4 is 10.2 Å². The van der Waals surface area contributed by atoms with Gasteiger partial charge >= 0.3 is 0 Å². The van der Waals surface area contributed by atoms with Crippen molar-refractivity contribution in [2.24, 2.45) is 0 Å². The fraction of sp³-hybridized carbons (Fsp3) is 0.250. The Morgan fingerprint density at radius 3 is 1.65 bits per heavy atom. The van der Waals surface area contributed by atoms with Gasteiger partial charge in [-0.15, -0.1) is 0 Å². The molecule has 1 saturated heterocycles. The van der Waals surface area contributed by atoms with Gasteiger partial charge in [0.25, 0.3) is 0 Å². The molecular formula is C24H26N2. The van der Waals surface area contributed by atoms with Crippen molar-refractivity contribution in [2.75, 3.05) is 18.0 Å². The minimum Gasteiger partial charge on any atom is -0.363 e. The highest BCUT2D eigenvalue weighted by Gasteiger charge is 2.33. The van der Waals surface area contributed by atoms with Crippen LogP contribution in [0.5, 0.6) is 0 Å². The van der Waals surface area contributed by atoms with Gasteiger partial charge in [-0.25, -0.2) is 0 Å². The summed E-state index contributed by atoms with van der Waals surface area (Å²) in [5.74, 6) is 0. The van der Waals surface area contributed by atoms with E-state index >= 15 is 0 Å². The zero-order valence-corrected chi connectivity index (χ0v) is 15.4. The van der Waals surface area contributed by atoms with E-state index in [1.807, 2.05) is 0 Å². The molecule has 26 heavy (non-hydrogen) atoms. The number of rotatable bonds is 6. The van der Waals surface area contributed by atoms with Crippen molar-refractivity contribution in [1.29, 1.82) is 0 Å². The third-order valence-corrected chi connectivity index (χ3v) is 5.39. The molecular weight excluding hydrogens is 316 g/mol. The van der Waals surface area contributed by atoms with Gasteiger partial charge in [-0.2, -0.15) is 0 Å². The van der Waals surface area contributed by atoms with Gasteiger partial charge < -0.3 is 10.2 Å². The first kappa shape index (κ1) is 16.9. The predicted octanol–water partition coefficient (Wildman–Crippen LogP) is 4.75. The zero-order valence-electron chi connectivity index (χ0n) is 15.4. The van der Waals surface area contributed by atoms with Crippen molar-refractivity contribution in [3.63, 3.8) is 0 Å². The van der Waals surface area contributed by atoms with Gasteiger partial charge in [0.1, 0.15) is 0 Å². The first-order valence-corrected chi connectivity index (χ1v) is 9.37. The summed E-state index contributed by atoms with van der Waals surface area (Å²) < 4.78 is 0. The van der Waals surface area contributed by atoms with Crippen LogP contribution in [0.2, 0.25) is 0 Å². The fourth-order valence-corrected chi connectivity index (χ4v) is 3.62. The Morgan fingerprint density at radius 2 is 1.23 bits per heavy atom. The standard InChI is InChI=1S/C24H26N2/c1-24(18-25-19-24)22-12-14-23(15-13-22)26(16-20-8-4-2-5-9-20)17-21-10-6-3-7-11-21/h2-15,25H,16-19H2,1H3. The Bertz CT molecular complexity index is 780. The van der Waals surface area contributed by atoms with E-state index in [4.69, 9.17) is 0 Å². The lowest BCUT2D eigenvalue weighted by molar-refractivity contribution is 0.305. The van der Waals surface area contributed by atoms with E-state index in [0.29, 0.717) is 5.41 Å². The summed E-state index contributed by atoms with van der Waals surface area (Å²) in [4.78, 5) is 2.45. The largest absolute Gasteiger partial charge is 0.363 e. The summed E-state index contributed by atoms with van der Waals surface area (Å²) in [6, 6.07) is 30.6. The zero-order chi connectivity index (χ0) is 17.8. The summed E-state index contributed by atoms with van der Waals surface area (Å²) in [7, 11) is 0. The minimum atomic E-state index is 0.294. The molecule has 1 heterocycles. The molecule has 1 fully saturated rings. The molecule has 1 N–H and O–H groups in total. The molecule has 4 rings (SSSR count). The number of benzene rings is 3. The molecule has 3 aromatic carbocycles. The van der Waals surface area contributed by atoms with Crippen LogP contribution in [0.1, 0.15) is 23.6 Å². The maximum atomic E-state index is 3.39. The number of nitrogens with zero attached hydrogens (tertiary/aromatic N) is 1. The molecule has 0 saturated carbocycles. The number of hydrogen-bond acceptors (Lipinski definition) is 2. The first-order chi connectivity index (χ1) is 12.7. The Hall–Kier alpha value is -2.58. The van der Waals surface area contributed by atoms with E-state index in [-0.39, 0.29) is 0 Å². The van der Waals surface area contributed by atoms with Gasteiger partial charge in [-0.1, -0.05) is 79.7 Å². The quantitative estimate of drug-likeness (QED) is 0.695. The second kappa shape index (κ2) is 7.35. The van der Waals surface area contributed by atoms with Crippen LogP contribution in [0.15, 0.2) is 84.9 Å². The minimum absolute atomic E-state index is 0.294. The lowest BCUT2D eigenvalue weighted by Crippen LogP contribution is -2.54. The number of hydrogen-bond donors (Lipinski definition) is 1. The van der Waals surface area contributed by atoms with Crippen LogP contribution in [0, 0.1) is 0 Å². The van der Waals surface area contributed by atoms with Gasteiger partial charge in [0.05, 0.1) is 0 Å². The fourth-order valence-electron chi connectivity index (χ4n) is 3.62. The van der Waals surface area contributed by atoms with Gasteiger partial charge in [-0.05, 0) is 28.8 Å². The highest BCUT2D eigenvalue weighted by atomic mass is 15.1. The maximum absolute atomic E-state index is 3.39. The highest BCUT2D eigenvalue weighted by Crippen LogP contribution is 2.30. The van der Waals surface area contributed by atoms with Crippen molar-refractivity contribution in [2.45, 2.75) is 25.4 Å². The maximum Gasteiger partial charge on any atom is 0.0433 e. The molecule has 2 nitrogen and oxygen atoms in total. The van der Waals surface area contributed by atoms with Gasteiger partial charge in [0.2, 0.25) is 0 Å². The number of nitrogens with one attached hydrogen (secondary N) is 1. The molecule has 132 valence electrons. The lowest BCUT2D eigenvalue weighted by atomic mass is 9.77. The summed E-state index contributed by atoms with van der Waals surface area (Å²) >= 11 is 0. The molecule has 0 radical (unpaired) electrons. The third kappa shape index (κ3) is 3.66. The topological polar surface area (TPSA) is 15.3 Å². The van der Waals surface area contributed by atoms with Crippen LogP contribution in [0.4, 0.5) is 5.69 Å².